The molecule has 0 unspecified atom stereocenters. The fraction of sp³-hybridized carbons (Fsp3) is 0.208. The van der Waals surface area contributed by atoms with E-state index in [0.717, 1.165) is 37.8 Å². The normalized spacial score (nSPS) is 16.8. The molecule has 32 heavy (non-hydrogen) atoms. The van der Waals surface area contributed by atoms with Gasteiger partial charge in [0.05, 0.1) is 8.48 Å². The molecule has 2 aromatic carbocycles. The highest BCUT2D eigenvalue weighted by molar-refractivity contribution is 14.1. The predicted molar refractivity (Wildman–Crippen MR) is 132 cm³/mol. The molecule has 0 saturated carbocycles. The number of fused-ring (bicyclic) bond motifs is 1. The summed E-state index contributed by atoms with van der Waals surface area (Å²) < 4.78 is 6.29. The summed E-state index contributed by atoms with van der Waals surface area (Å²) in [5.74, 6) is 2.39. The molecule has 3 amide bonds. The summed E-state index contributed by atoms with van der Waals surface area (Å²) in [5.41, 5.74) is 3.09. The second-order valence-corrected chi connectivity index (χ2v) is 9.44. The first-order chi connectivity index (χ1) is 15.5. The Morgan fingerprint density at radius 3 is 2.75 bits per heavy atom. The van der Waals surface area contributed by atoms with Crippen LogP contribution in [0.25, 0.3) is 6.08 Å². The molecule has 0 aliphatic carbocycles. The quantitative estimate of drug-likeness (QED) is 0.316. The van der Waals surface area contributed by atoms with Crippen molar-refractivity contribution in [2.45, 2.75) is 13.0 Å². The number of hydrogen-bond acceptors (Lipinski definition) is 5. The van der Waals surface area contributed by atoms with Gasteiger partial charge in [-0.1, -0.05) is 36.3 Å². The van der Waals surface area contributed by atoms with Gasteiger partial charge in [-0.3, -0.25) is 19.3 Å². The van der Waals surface area contributed by atoms with E-state index in [1.807, 2.05) is 24.3 Å². The number of imide groups is 1. The minimum absolute atomic E-state index is 0.171. The molecule has 1 saturated heterocycles. The molecule has 0 spiro atoms. The first-order valence-corrected chi connectivity index (χ1v) is 11.8. The average Bonchev–Trinajstić information content (AvgIpc) is 3.05. The molecule has 6 nitrogen and oxygen atoms in total. The van der Waals surface area contributed by atoms with Gasteiger partial charge in [0.25, 0.3) is 11.1 Å². The molecule has 0 bridgehead atoms. The van der Waals surface area contributed by atoms with Gasteiger partial charge in [0.2, 0.25) is 5.91 Å². The van der Waals surface area contributed by atoms with E-state index in [-0.39, 0.29) is 19.1 Å². The van der Waals surface area contributed by atoms with Crippen LogP contribution in [0.1, 0.15) is 16.7 Å². The fourth-order valence-corrected chi connectivity index (χ4v) is 5.11. The number of nitrogens with zero attached hydrogens (tertiary/aromatic N) is 2. The van der Waals surface area contributed by atoms with Gasteiger partial charge in [-0.2, -0.15) is 0 Å². The van der Waals surface area contributed by atoms with Crippen molar-refractivity contribution < 1.29 is 19.1 Å². The van der Waals surface area contributed by atoms with Crippen molar-refractivity contribution in [2.24, 2.45) is 0 Å². The van der Waals surface area contributed by atoms with Crippen LogP contribution in [0.15, 0.2) is 47.4 Å². The number of carbonyl (C=O) groups excluding carboxylic acids is 3. The first-order valence-electron chi connectivity index (χ1n) is 9.92. The third-order valence-electron chi connectivity index (χ3n) is 5.22. The van der Waals surface area contributed by atoms with Crippen molar-refractivity contribution in [3.63, 3.8) is 0 Å². The molecule has 2 aliphatic rings. The van der Waals surface area contributed by atoms with E-state index >= 15 is 0 Å². The highest BCUT2D eigenvalue weighted by atomic mass is 127. The molecule has 2 aromatic rings. The van der Waals surface area contributed by atoms with Crippen LogP contribution in [-0.4, -0.2) is 46.5 Å². The molecule has 0 N–H and O–H groups in total. The molecule has 2 heterocycles. The Bertz CT molecular complexity index is 1170. The van der Waals surface area contributed by atoms with E-state index in [0.29, 0.717) is 23.7 Å². The monoisotopic (exact) mass is 558 g/mol. The third-order valence-corrected chi connectivity index (χ3v) is 6.97. The summed E-state index contributed by atoms with van der Waals surface area (Å²) in [6.45, 7) is 0.994. The summed E-state index contributed by atoms with van der Waals surface area (Å²) in [7, 11) is 0. The van der Waals surface area contributed by atoms with Crippen molar-refractivity contribution in [3.8, 4) is 18.1 Å². The van der Waals surface area contributed by atoms with Crippen LogP contribution in [0, 0.1) is 15.9 Å². The maximum Gasteiger partial charge on any atom is 0.294 e. The Labute approximate surface area is 204 Å². The molecule has 0 aromatic heterocycles. The Morgan fingerprint density at radius 1 is 1.22 bits per heavy atom. The highest BCUT2D eigenvalue weighted by Crippen LogP contribution is 2.33. The number of ether oxygens (including phenoxy) is 1. The maximum atomic E-state index is 12.8. The van der Waals surface area contributed by atoms with Crippen molar-refractivity contribution in [2.75, 3.05) is 19.7 Å². The van der Waals surface area contributed by atoms with Crippen LogP contribution in [0.4, 0.5) is 4.79 Å². The van der Waals surface area contributed by atoms with E-state index in [4.69, 9.17) is 11.2 Å². The van der Waals surface area contributed by atoms with Gasteiger partial charge in [-0.05, 0) is 75.7 Å². The van der Waals surface area contributed by atoms with E-state index in [9.17, 15) is 14.4 Å². The minimum Gasteiger partial charge on any atom is -0.480 e. The lowest BCUT2D eigenvalue weighted by Crippen LogP contribution is -2.44. The van der Waals surface area contributed by atoms with Gasteiger partial charge >= 0.3 is 0 Å². The van der Waals surface area contributed by atoms with E-state index in [2.05, 4.69) is 34.6 Å². The van der Waals surface area contributed by atoms with Gasteiger partial charge in [0, 0.05) is 13.1 Å². The van der Waals surface area contributed by atoms with Gasteiger partial charge in [-0.25, -0.2) is 0 Å². The second kappa shape index (κ2) is 9.79. The van der Waals surface area contributed by atoms with Crippen LogP contribution in [-0.2, 0) is 22.6 Å². The number of benzene rings is 2. The Kier molecular flexibility index (Phi) is 6.86. The zero-order valence-electron chi connectivity index (χ0n) is 17.0. The van der Waals surface area contributed by atoms with Crippen LogP contribution >= 0.6 is 34.4 Å². The summed E-state index contributed by atoms with van der Waals surface area (Å²) in [5, 5.41) is -0.435. The Morgan fingerprint density at radius 2 is 2.00 bits per heavy atom. The third kappa shape index (κ3) is 4.84. The molecular formula is C24H19IN2O4S. The van der Waals surface area contributed by atoms with Crippen LogP contribution < -0.4 is 4.74 Å². The molecule has 2 aliphatic heterocycles. The first kappa shape index (κ1) is 22.4. The lowest BCUT2D eigenvalue weighted by atomic mass is 10.00. The number of hydrogen-bond donors (Lipinski definition) is 0. The van der Waals surface area contributed by atoms with Crippen molar-refractivity contribution in [1.29, 1.82) is 0 Å². The fourth-order valence-electron chi connectivity index (χ4n) is 3.57. The highest BCUT2D eigenvalue weighted by Gasteiger charge is 2.37. The lowest BCUT2D eigenvalue weighted by Gasteiger charge is -2.29. The standard InChI is InChI=1S/C24H19IN2O4S/c1-2-11-31-20-8-7-16(12-19(20)25)13-21-23(29)27(24(30)32-21)15-22(28)26-10-9-17-5-3-4-6-18(17)14-26/h1,3-8,12-13H,9-11,14-15H2/b21-13-. The van der Waals surface area contributed by atoms with Crippen LogP contribution in [0.2, 0.25) is 0 Å². The molecule has 1 fully saturated rings. The summed E-state index contributed by atoms with van der Waals surface area (Å²) >= 11 is 2.97. The van der Waals surface area contributed by atoms with E-state index in [1.54, 1.807) is 23.1 Å². The SMILES string of the molecule is C#CCOc1ccc(/C=C2\SC(=O)N(CC(=O)N3CCc4ccccc4C3)C2=O)cc1I. The molecule has 0 atom stereocenters. The molecule has 162 valence electrons. The second-order valence-electron chi connectivity index (χ2n) is 7.28. The van der Waals surface area contributed by atoms with Crippen molar-refractivity contribution in [1.82, 2.24) is 9.80 Å². The number of amides is 3. The van der Waals surface area contributed by atoms with Crippen molar-refractivity contribution in [3.05, 3.63) is 67.6 Å². The zero-order chi connectivity index (χ0) is 22.7. The summed E-state index contributed by atoms with van der Waals surface area (Å²) in [6, 6.07) is 13.4. The number of carbonyl (C=O) groups is 3. The minimum atomic E-state index is -0.451. The van der Waals surface area contributed by atoms with Gasteiger partial charge in [0.15, 0.2) is 0 Å². The average molecular weight is 558 g/mol. The zero-order valence-corrected chi connectivity index (χ0v) is 20.0. The maximum absolute atomic E-state index is 12.8. The molecule has 4 rings (SSSR count). The summed E-state index contributed by atoms with van der Waals surface area (Å²) in [6.07, 6.45) is 7.64. The lowest BCUT2D eigenvalue weighted by molar-refractivity contribution is -0.136. The van der Waals surface area contributed by atoms with E-state index < -0.39 is 11.1 Å². The number of terminal acetylenes is 1. The molecule has 8 heteroatoms. The number of thioether (sulfide) groups is 1. The van der Waals surface area contributed by atoms with Crippen LogP contribution in [0.3, 0.4) is 0 Å². The summed E-state index contributed by atoms with van der Waals surface area (Å²) in [4.78, 5) is 41.1. The smallest absolute Gasteiger partial charge is 0.294 e. The largest absolute Gasteiger partial charge is 0.480 e. The van der Waals surface area contributed by atoms with E-state index in [1.165, 1.54) is 5.56 Å². The Hall–Kier alpha value is -2.77. The number of rotatable bonds is 5. The molecular weight excluding hydrogens is 539 g/mol. The number of halogens is 1. The Balaban J connectivity index is 1.43. The van der Waals surface area contributed by atoms with Gasteiger partial charge in [0.1, 0.15) is 18.9 Å². The van der Waals surface area contributed by atoms with Crippen LogP contribution in [0.5, 0.6) is 5.75 Å². The molecule has 0 radical (unpaired) electrons. The predicted octanol–water partition coefficient (Wildman–Crippen LogP) is 3.92. The van der Waals surface area contributed by atoms with Gasteiger partial charge < -0.3 is 9.64 Å². The topological polar surface area (TPSA) is 66.9 Å². The van der Waals surface area contributed by atoms with Crippen molar-refractivity contribution >= 4 is 57.5 Å². The van der Waals surface area contributed by atoms with Gasteiger partial charge in [-0.15, -0.1) is 6.42 Å².